The topological polar surface area (TPSA) is 81.5 Å². The lowest BCUT2D eigenvalue weighted by atomic mass is 10.1. The van der Waals surface area contributed by atoms with Crippen LogP contribution in [0.3, 0.4) is 0 Å². The second kappa shape index (κ2) is 5.35. The Bertz CT molecular complexity index is 1070. The third-order valence-corrected chi connectivity index (χ3v) is 4.06. The van der Waals surface area contributed by atoms with Gasteiger partial charge in [0.05, 0.1) is 0 Å². The number of hydrogen-bond donors (Lipinski definition) is 3. The van der Waals surface area contributed by atoms with Gasteiger partial charge in [-0.05, 0) is 53.2 Å². The van der Waals surface area contributed by atoms with E-state index in [4.69, 9.17) is 16.2 Å². The molecule has 0 aliphatic rings. The third-order valence-electron chi connectivity index (χ3n) is 4.06. The summed E-state index contributed by atoms with van der Waals surface area (Å²) in [6, 6.07) is 20.3. The standard InChI is InChI=1S/C20H16N2O2/c21-19-3-1-2-12-8-15(6-7-17(12)19)24-16-9-13-4-5-14(23)10-18(13)20(22)11-16/h1-11,23H,21-22H2. The summed E-state index contributed by atoms with van der Waals surface area (Å²) in [6.07, 6.45) is 0. The number of benzene rings is 4. The number of phenols is 1. The smallest absolute Gasteiger partial charge is 0.130 e. The normalized spacial score (nSPS) is 11.0. The van der Waals surface area contributed by atoms with Gasteiger partial charge in [-0.15, -0.1) is 0 Å². The minimum atomic E-state index is 0.190. The highest BCUT2D eigenvalue weighted by molar-refractivity contribution is 5.95. The van der Waals surface area contributed by atoms with Crippen molar-refractivity contribution in [1.82, 2.24) is 0 Å². The zero-order valence-corrected chi connectivity index (χ0v) is 12.9. The first kappa shape index (κ1) is 14.2. The lowest BCUT2D eigenvalue weighted by Gasteiger charge is -2.11. The maximum Gasteiger partial charge on any atom is 0.130 e. The van der Waals surface area contributed by atoms with Crippen LogP contribution >= 0.6 is 0 Å². The number of nitrogens with two attached hydrogens (primary N) is 2. The van der Waals surface area contributed by atoms with Gasteiger partial charge in [0.15, 0.2) is 0 Å². The van der Waals surface area contributed by atoms with Crippen LogP contribution in [0.4, 0.5) is 11.4 Å². The summed E-state index contributed by atoms with van der Waals surface area (Å²) < 4.78 is 5.96. The average Bonchev–Trinajstić information content (AvgIpc) is 2.56. The summed E-state index contributed by atoms with van der Waals surface area (Å²) in [6.45, 7) is 0. The number of aromatic hydroxyl groups is 1. The van der Waals surface area contributed by atoms with Gasteiger partial charge in [-0.1, -0.05) is 18.2 Å². The van der Waals surface area contributed by atoms with Gasteiger partial charge in [0.1, 0.15) is 17.2 Å². The predicted molar refractivity (Wildman–Crippen MR) is 98.5 cm³/mol. The summed E-state index contributed by atoms with van der Waals surface area (Å²) in [4.78, 5) is 0. The summed E-state index contributed by atoms with van der Waals surface area (Å²) in [5.74, 6) is 1.55. The van der Waals surface area contributed by atoms with Crippen LogP contribution in [0.15, 0.2) is 66.7 Å². The molecule has 0 saturated carbocycles. The van der Waals surface area contributed by atoms with Crippen molar-refractivity contribution >= 4 is 32.9 Å². The van der Waals surface area contributed by atoms with E-state index in [9.17, 15) is 5.11 Å². The van der Waals surface area contributed by atoms with Gasteiger partial charge in [0, 0.05) is 28.2 Å². The van der Waals surface area contributed by atoms with Crippen LogP contribution in [0.1, 0.15) is 0 Å². The first-order chi connectivity index (χ1) is 11.6. The first-order valence-corrected chi connectivity index (χ1v) is 7.58. The van der Waals surface area contributed by atoms with E-state index in [0.29, 0.717) is 17.2 Å². The first-order valence-electron chi connectivity index (χ1n) is 7.58. The maximum atomic E-state index is 9.59. The Morgan fingerprint density at radius 2 is 1.46 bits per heavy atom. The molecule has 0 unspecified atom stereocenters. The van der Waals surface area contributed by atoms with E-state index in [2.05, 4.69) is 0 Å². The maximum absolute atomic E-state index is 9.59. The number of hydrogen-bond acceptors (Lipinski definition) is 4. The summed E-state index contributed by atoms with van der Waals surface area (Å²) in [5, 5.41) is 13.3. The molecule has 0 amide bonds. The van der Waals surface area contributed by atoms with Gasteiger partial charge in [0.2, 0.25) is 0 Å². The van der Waals surface area contributed by atoms with Crippen LogP contribution in [0, 0.1) is 0 Å². The molecule has 0 saturated heterocycles. The quantitative estimate of drug-likeness (QED) is 0.470. The van der Waals surface area contributed by atoms with Gasteiger partial charge < -0.3 is 21.3 Å². The molecule has 0 aliphatic heterocycles. The van der Waals surface area contributed by atoms with E-state index in [1.165, 1.54) is 0 Å². The Morgan fingerprint density at radius 3 is 2.33 bits per heavy atom. The number of anilines is 2. The van der Waals surface area contributed by atoms with E-state index in [1.54, 1.807) is 18.2 Å². The lowest BCUT2D eigenvalue weighted by molar-refractivity contribution is 0.476. The van der Waals surface area contributed by atoms with Crippen molar-refractivity contribution in [3.63, 3.8) is 0 Å². The van der Waals surface area contributed by atoms with Crippen molar-refractivity contribution in [3.05, 3.63) is 66.7 Å². The van der Waals surface area contributed by atoms with Crippen molar-refractivity contribution in [2.24, 2.45) is 0 Å². The minimum Gasteiger partial charge on any atom is -0.508 e. The van der Waals surface area contributed by atoms with Crippen LogP contribution in [-0.4, -0.2) is 5.11 Å². The van der Waals surface area contributed by atoms with E-state index in [0.717, 1.165) is 27.2 Å². The van der Waals surface area contributed by atoms with Crippen molar-refractivity contribution in [3.8, 4) is 17.2 Å². The number of ether oxygens (including phenoxy) is 1. The Hall–Kier alpha value is -3.40. The lowest BCUT2D eigenvalue weighted by Crippen LogP contribution is -1.91. The predicted octanol–water partition coefficient (Wildman–Crippen LogP) is 4.66. The Morgan fingerprint density at radius 1 is 0.667 bits per heavy atom. The van der Waals surface area contributed by atoms with Crippen molar-refractivity contribution < 1.29 is 9.84 Å². The largest absolute Gasteiger partial charge is 0.508 e. The van der Waals surface area contributed by atoms with Gasteiger partial charge in [-0.3, -0.25) is 0 Å². The molecule has 5 N–H and O–H groups in total. The van der Waals surface area contributed by atoms with Crippen LogP contribution in [0.5, 0.6) is 17.2 Å². The molecule has 0 heterocycles. The average molecular weight is 316 g/mol. The molecule has 0 aliphatic carbocycles. The number of phenolic OH excluding ortho intramolecular Hbond substituents is 1. The highest BCUT2D eigenvalue weighted by Crippen LogP contribution is 2.33. The van der Waals surface area contributed by atoms with Gasteiger partial charge >= 0.3 is 0 Å². The molecule has 118 valence electrons. The molecule has 0 spiro atoms. The summed E-state index contributed by atoms with van der Waals surface area (Å²) >= 11 is 0. The van der Waals surface area contributed by atoms with Crippen LogP contribution in [0.25, 0.3) is 21.5 Å². The van der Waals surface area contributed by atoms with Crippen LogP contribution in [0.2, 0.25) is 0 Å². The second-order valence-corrected chi connectivity index (χ2v) is 5.75. The van der Waals surface area contributed by atoms with Gasteiger partial charge in [0.25, 0.3) is 0 Å². The van der Waals surface area contributed by atoms with Crippen molar-refractivity contribution in [2.75, 3.05) is 11.5 Å². The van der Waals surface area contributed by atoms with E-state index < -0.39 is 0 Å². The molecule has 0 atom stereocenters. The molecule has 0 aromatic heterocycles. The molecular formula is C20H16N2O2. The monoisotopic (exact) mass is 316 g/mol. The molecule has 4 aromatic carbocycles. The molecule has 4 rings (SSSR count). The Labute approximate surface area is 138 Å². The Balaban J connectivity index is 1.75. The molecule has 0 fully saturated rings. The fraction of sp³-hybridized carbons (Fsp3) is 0. The third kappa shape index (κ3) is 2.44. The zero-order valence-electron chi connectivity index (χ0n) is 12.9. The van der Waals surface area contributed by atoms with Gasteiger partial charge in [-0.2, -0.15) is 0 Å². The SMILES string of the molecule is Nc1cccc2cc(Oc3cc(N)c4cc(O)ccc4c3)ccc12. The number of nitrogen functional groups attached to an aromatic ring is 2. The fourth-order valence-corrected chi connectivity index (χ4v) is 2.89. The van der Waals surface area contributed by atoms with Crippen molar-refractivity contribution in [1.29, 1.82) is 0 Å². The van der Waals surface area contributed by atoms with Crippen LogP contribution < -0.4 is 16.2 Å². The highest BCUT2D eigenvalue weighted by atomic mass is 16.5. The van der Waals surface area contributed by atoms with E-state index in [1.807, 2.05) is 48.5 Å². The molecule has 4 nitrogen and oxygen atoms in total. The molecule has 4 heteroatoms. The Kier molecular flexibility index (Phi) is 3.17. The number of fused-ring (bicyclic) bond motifs is 2. The van der Waals surface area contributed by atoms with E-state index >= 15 is 0 Å². The molecule has 4 aromatic rings. The number of rotatable bonds is 2. The zero-order chi connectivity index (χ0) is 16.7. The molecule has 0 radical (unpaired) electrons. The second-order valence-electron chi connectivity index (χ2n) is 5.75. The molecule has 24 heavy (non-hydrogen) atoms. The fourth-order valence-electron chi connectivity index (χ4n) is 2.89. The minimum absolute atomic E-state index is 0.190. The summed E-state index contributed by atoms with van der Waals surface area (Å²) in [7, 11) is 0. The highest BCUT2D eigenvalue weighted by Gasteiger charge is 2.06. The van der Waals surface area contributed by atoms with E-state index in [-0.39, 0.29) is 5.75 Å². The van der Waals surface area contributed by atoms with Gasteiger partial charge in [-0.25, -0.2) is 0 Å². The molecular weight excluding hydrogens is 300 g/mol. The summed E-state index contributed by atoms with van der Waals surface area (Å²) in [5.41, 5.74) is 13.4. The van der Waals surface area contributed by atoms with Crippen molar-refractivity contribution in [2.45, 2.75) is 0 Å². The van der Waals surface area contributed by atoms with Crippen LogP contribution in [-0.2, 0) is 0 Å². The molecule has 0 bridgehead atoms.